The third kappa shape index (κ3) is 6.49. The van der Waals surface area contributed by atoms with E-state index in [1.807, 2.05) is 6.08 Å². The summed E-state index contributed by atoms with van der Waals surface area (Å²) in [5.74, 6) is 2.40. The van der Waals surface area contributed by atoms with Crippen LogP contribution in [-0.2, 0) is 29.5 Å². The molecule has 0 aromatic heterocycles. The SMILES string of the molecule is C=CCN1CC[C@]23c4c5c(O)cc(OC)c4O[C@H]2[C@H](N(CCCc2ccccc2)C(=O)CCCCCCCc2ccccc2)CC[C@H]3[C@H]1C5. The molecule has 1 saturated heterocycles. The van der Waals surface area contributed by atoms with Crippen LogP contribution in [0.15, 0.2) is 79.4 Å². The van der Waals surface area contributed by atoms with E-state index in [1.165, 1.54) is 29.5 Å². The van der Waals surface area contributed by atoms with Gasteiger partial charge in [-0.25, -0.2) is 0 Å². The van der Waals surface area contributed by atoms with Crippen molar-refractivity contribution >= 4 is 5.91 Å². The predicted octanol–water partition coefficient (Wildman–Crippen LogP) is 8.04. The first-order valence-electron chi connectivity index (χ1n) is 18.9. The number of hydrogen-bond donors (Lipinski definition) is 1. The number of unbranched alkanes of at least 4 members (excludes halogenated alkanes) is 4. The average Bonchev–Trinajstić information content (AvgIpc) is 3.47. The first-order chi connectivity index (χ1) is 24.0. The van der Waals surface area contributed by atoms with Crippen molar-refractivity contribution in [1.29, 1.82) is 0 Å². The second-order valence-corrected chi connectivity index (χ2v) is 14.8. The minimum Gasteiger partial charge on any atom is -0.508 e. The van der Waals surface area contributed by atoms with Gasteiger partial charge in [0, 0.05) is 48.2 Å². The lowest BCUT2D eigenvalue weighted by atomic mass is 9.50. The molecule has 7 rings (SSSR count). The minimum atomic E-state index is -0.239. The van der Waals surface area contributed by atoms with Crippen molar-refractivity contribution in [3.8, 4) is 17.2 Å². The molecular weight excluding hydrogens is 608 g/mol. The molecule has 3 aromatic carbocycles. The highest BCUT2D eigenvalue weighted by Gasteiger charge is 2.67. The summed E-state index contributed by atoms with van der Waals surface area (Å²) in [6, 6.07) is 23.4. The largest absolute Gasteiger partial charge is 0.508 e. The lowest BCUT2D eigenvalue weighted by Crippen LogP contribution is -2.69. The fourth-order valence-electron chi connectivity index (χ4n) is 10.0. The van der Waals surface area contributed by atoms with Gasteiger partial charge in [0.2, 0.25) is 5.91 Å². The molecule has 49 heavy (non-hydrogen) atoms. The summed E-state index contributed by atoms with van der Waals surface area (Å²) in [5.41, 5.74) is 4.67. The van der Waals surface area contributed by atoms with Crippen LogP contribution in [0, 0.1) is 5.92 Å². The molecule has 1 amide bonds. The Balaban J connectivity index is 1.10. The van der Waals surface area contributed by atoms with Crippen molar-refractivity contribution in [2.75, 3.05) is 26.7 Å². The number of aryl methyl sites for hydroxylation is 2. The molecule has 1 N–H and O–H groups in total. The number of nitrogens with zero attached hydrogens (tertiary/aromatic N) is 2. The van der Waals surface area contributed by atoms with E-state index in [-0.39, 0.29) is 23.5 Å². The number of carbonyl (C=O) groups is 1. The molecule has 4 aliphatic rings. The summed E-state index contributed by atoms with van der Waals surface area (Å²) in [4.78, 5) is 19.1. The van der Waals surface area contributed by atoms with Crippen LogP contribution in [0.25, 0.3) is 0 Å². The third-order valence-corrected chi connectivity index (χ3v) is 12.2. The highest BCUT2D eigenvalue weighted by molar-refractivity contribution is 5.77. The molecule has 0 unspecified atom stereocenters. The summed E-state index contributed by atoms with van der Waals surface area (Å²) < 4.78 is 12.9. The molecule has 2 heterocycles. The molecule has 6 heteroatoms. The quantitative estimate of drug-likeness (QED) is 0.124. The van der Waals surface area contributed by atoms with Crippen molar-refractivity contribution in [2.24, 2.45) is 5.92 Å². The molecule has 3 aromatic rings. The van der Waals surface area contributed by atoms with Crippen LogP contribution in [0.3, 0.4) is 0 Å². The minimum absolute atomic E-state index is 0.0119. The van der Waals surface area contributed by atoms with E-state index < -0.39 is 0 Å². The van der Waals surface area contributed by atoms with E-state index in [1.54, 1.807) is 13.2 Å². The van der Waals surface area contributed by atoms with Gasteiger partial charge < -0.3 is 19.5 Å². The monoisotopic (exact) mass is 662 g/mol. The number of likely N-dealkylation sites (tertiary alicyclic amines) is 1. The zero-order valence-corrected chi connectivity index (χ0v) is 29.3. The van der Waals surface area contributed by atoms with Crippen molar-refractivity contribution in [3.05, 3.63) is 102 Å². The Hall–Kier alpha value is -3.77. The number of carbonyl (C=O) groups excluding carboxylic acids is 1. The molecular formula is C43H54N2O4. The Bertz CT molecular complexity index is 1590. The van der Waals surface area contributed by atoms with Gasteiger partial charge >= 0.3 is 0 Å². The van der Waals surface area contributed by atoms with Gasteiger partial charge in [-0.2, -0.15) is 0 Å². The van der Waals surface area contributed by atoms with E-state index >= 15 is 0 Å². The first kappa shape index (κ1) is 33.7. The summed E-state index contributed by atoms with van der Waals surface area (Å²) in [6.45, 7) is 6.60. The summed E-state index contributed by atoms with van der Waals surface area (Å²) in [5, 5.41) is 11.4. The van der Waals surface area contributed by atoms with Crippen LogP contribution in [0.4, 0.5) is 0 Å². The second kappa shape index (κ2) is 15.0. The van der Waals surface area contributed by atoms with Gasteiger partial charge in [-0.15, -0.1) is 6.58 Å². The molecule has 260 valence electrons. The zero-order valence-electron chi connectivity index (χ0n) is 29.3. The number of benzene rings is 3. The van der Waals surface area contributed by atoms with Gasteiger partial charge in [0.1, 0.15) is 11.9 Å². The molecule has 1 spiro atoms. The molecule has 6 nitrogen and oxygen atoms in total. The van der Waals surface area contributed by atoms with Gasteiger partial charge in [-0.3, -0.25) is 9.69 Å². The van der Waals surface area contributed by atoms with Gasteiger partial charge in [-0.1, -0.05) is 86.0 Å². The molecule has 2 aliphatic heterocycles. The molecule has 2 bridgehead atoms. The normalized spacial score (nSPS) is 24.9. The van der Waals surface area contributed by atoms with E-state index in [0.717, 1.165) is 95.2 Å². The summed E-state index contributed by atoms with van der Waals surface area (Å²) in [7, 11) is 1.66. The van der Waals surface area contributed by atoms with Gasteiger partial charge in [0.25, 0.3) is 0 Å². The van der Waals surface area contributed by atoms with Crippen LogP contribution in [0.1, 0.15) is 86.5 Å². The Morgan fingerprint density at radius 3 is 2.41 bits per heavy atom. The van der Waals surface area contributed by atoms with Crippen LogP contribution in [0.2, 0.25) is 0 Å². The number of rotatable bonds is 16. The molecule has 0 radical (unpaired) electrons. The molecule has 1 saturated carbocycles. The average molecular weight is 663 g/mol. The van der Waals surface area contributed by atoms with Crippen LogP contribution >= 0.6 is 0 Å². The smallest absolute Gasteiger partial charge is 0.222 e. The maximum Gasteiger partial charge on any atom is 0.222 e. The van der Waals surface area contributed by atoms with E-state index in [9.17, 15) is 9.90 Å². The topological polar surface area (TPSA) is 62.2 Å². The highest BCUT2D eigenvalue weighted by Crippen LogP contribution is 2.65. The highest BCUT2D eigenvalue weighted by atomic mass is 16.5. The number of hydrogen-bond acceptors (Lipinski definition) is 5. The number of ether oxygens (including phenoxy) is 2. The number of amides is 1. The van der Waals surface area contributed by atoms with Gasteiger partial charge in [0.15, 0.2) is 11.5 Å². The first-order valence-corrected chi connectivity index (χ1v) is 18.9. The Kier molecular flexibility index (Phi) is 10.3. The van der Waals surface area contributed by atoms with Crippen LogP contribution in [-0.4, -0.2) is 65.7 Å². The van der Waals surface area contributed by atoms with E-state index in [4.69, 9.17) is 9.47 Å². The van der Waals surface area contributed by atoms with Crippen LogP contribution < -0.4 is 9.47 Å². The summed E-state index contributed by atoms with van der Waals surface area (Å²) in [6.07, 6.45) is 14.8. The number of piperidine rings is 1. The fourth-order valence-corrected chi connectivity index (χ4v) is 10.0. The number of phenolic OH excluding ortho intramolecular Hbond substituents is 1. The molecule has 2 aliphatic carbocycles. The van der Waals surface area contributed by atoms with Crippen molar-refractivity contribution in [1.82, 2.24) is 9.80 Å². The maximum atomic E-state index is 14.4. The van der Waals surface area contributed by atoms with Crippen LogP contribution in [0.5, 0.6) is 17.2 Å². The lowest BCUT2D eigenvalue weighted by Gasteiger charge is -2.60. The van der Waals surface area contributed by atoms with Crippen molar-refractivity contribution in [3.63, 3.8) is 0 Å². The Morgan fingerprint density at radius 1 is 1.00 bits per heavy atom. The van der Waals surface area contributed by atoms with Crippen molar-refractivity contribution in [2.45, 2.75) is 107 Å². The predicted molar refractivity (Wildman–Crippen MR) is 195 cm³/mol. The summed E-state index contributed by atoms with van der Waals surface area (Å²) >= 11 is 0. The number of phenols is 1. The van der Waals surface area contributed by atoms with Gasteiger partial charge in [0.05, 0.1) is 13.2 Å². The zero-order chi connectivity index (χ0) is 33.8. The maximum absolute atomic E-state index is 14.4. The molecule has 2 fully saturated rings. The number of aromatic hydroxyl groups is 1. The Morgan fingerprint density at radius 2 is 1.69 bits per heavy atom. The standard InChI is InChI=1S/C43H54N2O4/c1-3-26-44-28-25-43-34-23-24-35(42(43)49-41-38(48-2)30-37(46)33(40(41)43)29-36(34)44)45(27-15-21-32-19-12-8-13-20-32)39(47)22-14-6-4-5-9-16-31-17-10-7-11-18-31/h3,7-8,10-13,17-20,30,34-36,42,46H,1,4-6,9,14-16,21-29H2,2H3/t34-,35+,36+,42-,43-/m0/s1. The van der Waals surface area contributed by atoms with Crippen molar-refractivity contribution < 1.29 is 19.4 Å². The van der Waals surface area contributed by atoms with Gasteiger partial charge in [-0.05, 0) is 81.4 Å². The fraction of sp³-hybridized carbons (Fsp3) is 0.512. The van der Waals surface area contributed by atoms with E-state index in [2.05, 4.69) is 77.0 Å². The Labute approximate surface area is 293 Å². The second-order valence-electron chi connectivity index (χ2n) is 14.8. The van der Waals surface area contributed by atoms with E-state index in [0.29, 0.717) is 29.9 Å². The number of methoxy groups -OCH3 is 1. The molecule has 5 atom stereocenters. The third-order valence-electron chi connectivity index (χ3n) is 12.2. The lowest BCUT2D eigenvalue weighted by molar-refractivity contribution is -0.142.